The fourth-order valence-corrected chi connectivity index (χ4v) is 3.38. The summed E-state index contributed by atoms with van der Waals surface area (Å²) in [4.78, 5) is 0. The SMILES string of the molecule is CCC1CC(C)(C)CCC(C)(C)CC1C. The van der Waals surface area contributed by atoms with Crippen LogP contribution < -0.4 is 0 Å². The van der Waals surface area contributed by atoms with Crippen molar-refractivity contribution in [2.45, 2.75) is 73.6 Å². The van der Waals surface area contributed by atoms with Gasteiger partial charge in [-0.3, -0.25) is 0 Å². The lowest BCUT2D eigenvalue weighted by atomic mass is 9.64. The minimum absolute atomic E-state index is 0.560. The summed E-state index contributed by atoms with van der Waals surface area (Å²) in [5.41, 5.74) is 1.12. The molecular formula is C15H30. The van der Waals surface area contributed by atoms with Gasteiger partial charge in [-0.1, -0.05) is 48.0 Å². The molecule has 0 aromatic carbocycles. The van der Waals surface area contributed by atoms with Crippen molar-refractivity contribution in [2.24, 2.45) is 22.7 Å². The molecule has 0 aromatic heterocycles. The van der Waals surface area contributed by atoms with Gasteiger partial charge in [0, 0.05) is 0 Å². The summed E-state index contributed by atoms with van der Waals surface area (Å²) >= 11 is 0. The van der Waals surface area contributed by atoms with Crippen LogP contribution in [-0.4, -0.2) is 0 Å². The van der Waals surface area contributed by atoms with Gasteiger partial charge in [-0.15, -0.1) is 0 Å². The third kappa shape index (κ3) is 3.81. The zero-order valence-corrected chi connectivity index (χ0v) is 11.7. The highest BCUT2D eigenvalue weighted by molar-refractivity contribution is 4.85. The van der Waals surface area contributed by atoms with E-state index in [1.54, 1.807) is 0 Å². The highest BCUT2D eigenvalue weighted by Gasteiger charge is 2.34. The van der Waals surface area contributed by atoms with Gasteiger partial charge in [0.2, 0.25) is 0 Å². The van der Waals surface area contributed by atoms with E-state index >= 15 is 0 Å². The summed E-state index contributed by atoms with van der Waals surface area (Å²) < 4.78 is 0. The lowest BCUT2D eigenvalue weighted by molar-refractivity contribution is 0.0992. The molecule has 1 fully saturated rings. The molecule has 0 bridgehead atoms. The molecule has 0 aliphatic heterocycles. The lowest BCUT2D eigenvalue weighted by Crippen LogP contribution is -2.30. The Morgan fingerprint density at radius 3 is 1.87 bits per heavy atom. The monoisotopic (exact) mass is 210 g/mol. The maximum absolute atomic E-state index is 2.47. The molecule has 0 amide bonds. The van der Waals surface area contributed by atoms with E-state index in [2.05, 4.69) is 41.5 Å². The van der Waals surface area contributed by atoms with Gasteiger partial charge in [0.25, 0.3) is 0 Å². The second-order valence-electron chi connectivity index (χ2n) is 7.38. The van der Waals surface area contributed by atoms with Gasteiger partial charge >= 0.3 is 0 Å². The third-order valence-electron chi connectivity index (χ3n) is 4.50. The van der Waals surface area contributed by atoms with Crippen LogP contribution in [0.25, 0.3) is 0 Å². The third-order valence-corrected chi connectivity index (χ3v) is 4.50. The highest BCUT2D eigenvalue weighted by atomic mass is 14.4. The Hall–Kier alpha value is 0. The lowest BCUT2D eigenvalue weighted by Gasteiger charge is -2.41. The molecule has 0 spiro atoms. The topological polar surface area (TPSA) is 0 Å². The minimum Gasteiger partial charge on any atom is -0.0651 e. The number of hydrogen-bond donors (Lipinski definition) is 0. The summed E-state index contributed by atoms with van der Waals surface area (Å²) in [5, 5.41) is 0. The van der Waals surface area contributed by atoms with Crippen molar-refractivity contribution in [3.63, 3.8) is 0 Å². The molecule has 0 heterocycles. The van der Waals surface area contributed by atoms with E-state index < -0.39 is 0 Å². The molecule has 1 aliphatic carbocycles. The van der Waals surface area contributed by atoms with E-state index in [0.29, 0.717) is 10.8 Å². The molecule has 1 saturated carbocycles. The van der Waals surface area contributed by atoms with E-state index in [0.717, 1.165) is 11.8 Å². The molecule has 0 heteroatoms. The first-order chi connectivity index (χ1) is 6.76. The molecule has 90 valence electrons. The van der Waals surface area contributed by atoms with Crippen molar-refractivity contribution in [1.29, 1.82) is 0 Å². The van der Waals surface area contributed by atoms with Crippen LogP contribution in [0.5, 0.6) is 0 Å². The van der Waals surface area contributed by atoms with E-state index in [-0.39, 0.29) is 0 Å². The Kier molecular flexibility index (Phi) is 3.90. The number of rotatable bonds is 1. The van der Waals surface area contributed by atoms with Crippen LogP contribution in [0.2, 0.25) is 0 Å². The predicted molar refractivity (Wildman–Crippen MR) is 69.0 cm³/mol. The maximum Gasteiger partial charge on any atom is -0.0351 e. The van der Waals surface area contributed by atoms with Gasteiger partial charge < -0.3 is 0 Å². The molecule has 0 radical (unpaired) electrons. The van der Waals surface area contributed by atoms with Crippen LogP contribution in [0.4, 0.5) is 0 Å². The molecule has 0 saturated heterocycles. The average Bonchev–Trinajstić information content (AvgIpc) is 2.09. The van der Waals surface area contributed by atoms with Crippen molar-refractivity contribution in [1.82, 2.24) is 0 Å². The van der Waals surface area contributed by atoms with Crippen LogP contribution in [0.1, 0.15) is 73.6 Å². The Morgan fingerprint density at radius 2 is 1.40 bits per heavy atom. The second kappa shape index (κ2) is 4.47. The molecule has 0 N–H and O–H groups in total. The highest BCUT2D eigenvalue weighted by Crippen LogP contribution is 2.45. The summed E-state index contributed by atoms with van der Waals surface area (Å²) in [7, 11) is 0. The van der Waals surface area contributed by atoms with Gasteiger partial charge in [0.1, 0.15) is 0 Å². The van der Waals surface area contributed by atoms with Gasteiger partial charge in [0.05, 0.1) is 0 Å². The smallest absolute Gasteiger partial charge is 0.0351 e. The van der Waals surface area contributed by atoms with Crippen LogP contribution in [-0.2, 0) is 0 Å². The van der Waals surface area contributed by atoms with E-state index in [9.17, 15) is 0 Å². The van der Waals surface area contributed by atoms with Gasteiger partial charge in [-0.25, -0.2) is 0 Å². The van der Waals surface area contributed by atoms with Crippen LogP contribution in [0.15, 0.2) is 0 Å². The first-order valence-corrected chi connectivity index (χ1v) is 6.76. The summed E-state index contributed by atoms with van der Waals surface area (Å²) in [5.74, 6) is 1.85. The normalized spacial score (nSPS) is 35.6. The quantitative estimate of drug-likeness (QED) is 0.552. The van der Waals surface area contributed by atoms with Gasteiger partial charge in [-0.2, -0.15) is 0 Å². The molecule has 2 atom stereocenters. The van der Waals surface area contributed by atoms with Crippen molar-refractivity contribution < 1.29 is 0 Å². The number of hydrogen-bond acceptors (Lipinski definition) is 0. The molecule has 0 nitrogen and oxygen atoms in total. The largest absolute Gasteiger partial charge is 0.0651 e. The predicted octanol–water partition coefficient (Wildman–Crippen LogP) is 5.28. The van der Waals surface area contributed by atoms with Gasteiger partial charge in [-0.05, 0) is 48.3 Å². The van der Waals surface area contributed by atoms with Crippen molar-refractivity contribution in [3.05, 3.63) is 0 Å². The van der Waals surface area contributed by atoms with Crippen molar-refractivity contribution >= 4 is 0 Å². The van der Waals surface area contributed by atoms with E-state index in [1.165, 1.54) is 32.1 Å². The van der Waals surface area contributed by atoms with E-state index in [4.69, 9.17) is 0 Å². The average molecular weight is 210 g/mol. The fourth-order valence-electron chi connectivity index (χ4n) is 3.38. The first-order valence-electron chi connectivity index (χ1n) is 6.76. The molecule has 1 rings (SSSR count). The molecule has 2 unspecified atom stereocenters. The zero-order chi connectivity index (χ0) is 11.7. The molecule has 15 heavy (non-hydrogen) atoms. The summed E-state index contributed by atoms with van der Waals surface area (Å²) in [6.45, 7) is 14.7. The van der Waals surface area contributed by atoms with Gasteiger partial charge in [0.15, 0.2) is 0 Å². The Morgan fingerprint density at radius 1 is 0.933 bits per heavy atom. The Balaban J connectivity index is 2.78. The van der Waals surface area contributed by atoms with E-state index in [1.807, 2.05) is 0 Å². The molecular weight excluding hydrogens is 180 g/mol. The van der Waals surface area contributed by atoms with Crippen LogP contribution >= 0.6 is 0 Å². The summed E-state index contributed by atoms with van der Waals surface area (Å²) in [6, 6.07) is 0. The first kappa shape index (κ1) is 13.1. The fraction of sp³-hybridized carbons (Fsp3) is 1.00. The minimum atomic E-state index is 0.560. The Bertz CT molecular complexity index is 200. The standard InChI is InChI=1S/C15H30/c1-7-13-11-15(5,6)9-8-14(3,4)10-12(13)2/h12-13H,7-11H2,1-6H3. The summed E-state index contributed by atoms with van der Waals surface area (Å²) in [6.07, 6.45) is 7.02. The second-order valence-corrected chi connectivity index (χ2v) is 7.38. The Labute approximate surface area is 96.8 Å². The van der Waals surface area contributed by atoms with Crippen molar-refractivity contribution in [3.8, 4) is 0 Å². The molecule has 1 aliphatic rings. The molecule has 0 aromatic rings. The van der Waals surface area contributed by atoms with Crippen LogP contribution in [0.3, 0.4) is 0 Å². The van der Waals surface area contributed by atoms with Crippen LogP contribution in [0, 0.1) is 22.7 Å². The van der Waals surface area contributed by atoms with Crippen molar-refractivity contribution in [2.75, 3.05) is 0 Å². The maximum atomic E-state index is 2.47. The zero-order valence-electron chi connectivity index (χ0n) is 11.7.